The molecule has 0 radical (unpaired) electrons. The van der Waals surface area contributed by atoms with Gasteiger partial charge in [-0.3, -0.25) is 0 Å². The SMILES string of the molecule is CCOc1ccc(-c2cnc(NC)nc2N)cc1OCCCN1CCCC1. The van der Waals surface area contributed by atoms with Crippen molar-refractivity contribution in [2.24, 2.45) is 0 Å². The molecule has 2 aromatic rings. The highest BCUT2D eigenvalue weighted by Gasteiger charge is 2.13. The monoisotopic (exact) mass is 371 g/mol. The maximum absolute atomic E-state index is 6.10. The number of hydrogen-bond acceptors (Lipinski definition) is 7. The van der Waals surface area contributed by atoms with E-state index in [1.165, 1.54) is 25.9 Å². The first-order valence-corrected chi connectivity index (χ1v) is 9.64. The van der Waals surface area contributed by atoms with E-state index in [0.717, 1.165) is 35.6 Å². The molecule has 1 aliphatic heterocycles. The fourth-order valence-corrected chi connectivity index (χ4v) is 3.28. The predicted octanol–water partition coefficient (Wildman–Crippen LogP) is 3.03. The third-order valence-electron chi connectivity index (χ3n) is 4.67. The molecule has 0 unspecified atom stereocenters. The lowest BCUT2D eigenvalue weighted by Crippen LogP contribution is -2.21. The average Bonchev–Trinajstić information content (AvgIpc) is 3.20. The number of likely N-dealkylation sites (tertiary alicyclic amines) is 1. The van der Waals surface area contributed by atoms with Crippen molar-refractivity contribution in [3.8, 4) is 22.6 Å². The van der Waals surface area contributed by atoms with Crippen LogP contribution in [0.2, 0.25) is 0 Å². The van der Waals surface area contributed by atoms with E-state index in [1.807, 2.05) is 25.1 Å². The molecule has 27 heavy (non-hydrogen) atoms. The summed E-state index contributed by atoms with van der Waals surface area (Å²) in [6.07, 6.45) is 5.35. The zero-order chi connectivity index (χ0) is 19.1. The van der Waals surface area contributed by atoms with Crippen molar-refractivity contribution in [2.45, 2.75) is 26.2 Å². The van der Waals surface area contributed by atoms with Gasteiger partial charge in [-0.1, -0.05) is 6.07 Å². The first-order valence-electron chi connectivity index (χ1n) is 9.64. The van der Waals surface area contributed by atoms with Gasteiger partial charge in [0.25, 0.3) is 0 Å². The Kier molecular flexibility index (Phi) is 6.70. The van der Waals surface area contributed by atoms with Crippen LogP contribution in [0.25, 0.3) is 11.1 Å². The van der Waals surface area contributed by atoms with Crippen molar-refractivity contribution < 1.29 is 9.47 Å². The topological polar surface area (TPSA) is 85.5 Å². The van der Waals surface area contributed by atoms with Gasteiger partial charge in [0.05, 0.1) is 13.2 Å². The van der Waals surface area contributed by atoms with E-state index >= 15 is 0 Å². The molecule has 0 aliphatic carbocycles. The maximum atomic E-state index is 6.10. The van der Waals surface area contributed by atoms with Crippen LogP contribution in [0.4, 0.5) is 11.8 Å². The molecule has 146 valence electrons. The van der Waals surface area contributed by atoms with Gasteiger partial charge in [-0.2, -0.15) is 4.98 Å². The summed E-state index contributed by atoms with van der Waals surface area (Å²) in [6, 6.07) is 5.82. The highest BCUT2D eigenvalue weighted by Crippen LogP contribution is 2.34. The molecule has 1 aliphatic rings. The van der Waals surface area contributed by atoms with Crippen LogP contribution in [-0.2, 0) is 0 Å². The zero-order valence-electron chi connectivity index (χ0n) is 16.2. The zero-order valence-corrected chi connectivity index (χ0v) is 16.2. The maximum Gasteiger partial charge on any atom is 0.224 e. The molecule has 3 rings (SSSR count). The molecule has 1 fully saturated rings. The molecule has 7 heteroatoms. The summed E-state index contributed by atoms with van der Waals surface area (Å²) in [5.41, 5.74) is 7.79. The number of hydrogen-bond donors (Lipinski definition) is 2. The Morgan fingerprint density at radius 2 is 2.00 bits per heavy atom. The summed E-state index contributed by atoms with van der Waals surface area (Å²) in [5.74, 6) is 2.40. The lowest BCUT2D eigenvalue weighted by atomic mass is 10.1. The molecule has 0 spiro atoms. The normalized spacial score (nSPS) is 14.3. The third kappa shape index (κ3) is 5.01. The molecule has 0 amide bonds. The second kappa shape index (κ2) is 9.41. The first-order chi connectivity index (χ1) is 13.2. The molecular weight excluding hydrogens is 342 g/mol. The Morgan fingerprint density at radius 3 is 2.70 bits per heavy atom. The number of nitrogens with zero attached hydrogens (tertiary/aromatic N) is 3. The predicted molar refractivity (Wildman–Crippen MR) is 108 cm³/mol. The molecule has 1 aromatic carbocycles. The van der Waals surface area contributed by atoms with Gasteiger partial charge < -0.3 is 25.4 Å². The van der Waals surface area contributed by atoms with Crippen molar-refractivity contribution >= 4 is 11.8 Å². The van der Waals surface area contributed by atoms with E-state index in [1.54, 1.807) is 13.2 Å². The van der Waals surface area contributed by atoms with Gasteiger partial charge in [0.1, 0.15) is 5.82 Å². The molecule has 3 N–H and O–H groups in total. The number of nitrogen functional groups attached to an aromatic ring is 1. The van der Waals surface area contributed by atoms with Gasteiger partial charge in [-0.15, -0.1) is 0 Å². The molecule has 0 bridgehead atoms. The average molecular weight is 371 g/mol. The molecule has 7 nitrogen and oxygen atoms in total. The Hall–Kier alpha value is -2.54. The van der Waals surface area contributed by atoms with Gasteiger partial charge in [0, 0.05) is 25.4 Å². The fraction of sp³-hybridized carbons (Fsp3) is 0.500. The smallest absolute Gasteiger partial charge is 0.224 e. The van der Waals surface area contributed by atoms with E-state index in [9.17, 15) is 0 Å². The molecule has 0 saturated carbocycles. The highest BCUT2D eigenvalue weighted by molar-refractivity contribution is 5.75. The minimum Gasteiger partial charge on any atom is -0.490 e. The van der Waals surface area contributed by atoms with Crippen LogP contribution in [0.5, 0.6) is 11.5 Å². The van der Waals surface area contributed by atoms with E-state index < -0.39 is 0 Å². The van der Waals surface area contributed by atoms with E-state index in [2.05, 4.69) is 20.2 Å². The van der Waals surface area contributed by atoms with E-state index in [4.69, 9.17) is 15.2 Å². The van der Waals surface area contributed by atoms with Crippen LogP contribution in [0.3, 0.4) is 0 Å². The summed E-state index contributed by atoms with van der Waals surface area (Å²) in [5, 5.41) is 2.89. The summed E-state index contributed by atoms with van der Waals surface area (Å²) in [7, 11) is 1.76. The van der Waals surface area contributed by atoms with Gasteiger partial charge in [-0.25, -0.2) is 4.98 Å². The van der Waals surface area contributed by atoms with Gasteiger partial charge in [0.15, 0.2) is 11.5 Å². The standard InChI is InChI=1S/C20H29N5O2/c1-3-26-17-8-7-15(16-14-23-20(22-2)24-19(16)21)13-18(17)27-12-6-11-25-9-4-5-10-25/h7-8,13-14H,3-6,9-12H2,1-2H3,(H3,21,22,23,24). The minimum atomic E-state index is 0.429. The fourth-order valence-electron chi connectivity index (χ4n) is 3.28. The van der Waals surface area contributed by atoms with Gasteiger partial charge in [0.2, 0.25) is 5.95 Å². The number of aromatic nitrogens is 2. The number of nitrogens with one attached hydrogen (secondary N) is 1. The van der Waals surface area contributed by atoms with Crippen molar-refractivity contribution in [3.63, 3.8) is 0 Å². The summed E-state index contributed by atoms with van der Waals surface area (Å²) in [4.78, 5) is 11.0. The van der Waals surface area contributed by atoms with Crippen molar-refractivity contribution in [3.05, 3.63) is 24.4 Å². The second-order valence-electron chi connectivity index (χ2n) is 6.59. The Morgan fingerprint density at radius 1 is 1.19 bits per heavy atom. The van der Waals surface area contributed by atoms with Crippen LogP contribution in [-0.4, -0.2) is 54.8 Å². The number of rotatable bonds is 9. The van der Waals surface area contributed by atoms with Crippen LogP contribution in [0, 0.1) is 0 Å². The number of ether oxygens (including phenoxy) is 2. The Bertz CT molecular complexity index is 747. The van der Waals surface area contributed by atoms with Crippen LogP contribution >= 0.6 is 0 Å². The van der Waals surface area contributed by atoms with Crippen molar-refractivity contribution in [1.29, 1.82) is 0 Å². The van der Waals surface area contributed by atoms with Crippen LogP contribution in [0.1, 0.15) is 26.2 Å². The highest BCUT2D eigenvalue weighted by atomic mass is 16.5. The first kappa shape index (κ1) is 19.2. The number of benzene rings is 1. The Balaban J connectivity index is 1.71. The summed E-state index contributed by atoms with van der Waals surface area (Å²) < 4.78 is 11.8. The largest absolute Gasteiger partial charge is 0.490 e. The summed E-state index contributed by atoms with van der Waals surface area (Å²) in [6.45, 7) is 6.71. The lowest BCUT2D eigenvalue weighted by Gasteiger charge is -2.16. The molecular formula is C20H29N5O2. The Labute approximate surface area is 160 Å². The summed E-state index contributed by atoms with van der Waals surface area (Å²) >= 11 is 0. The molecule has 0 atom stereocenters. The number of anilines is 2. The molecule has 1 aromatic heterocycles. The van der Waals surface area contributed by atoms with Crippen LogP contribution in [0.15, 0.2) is 24.4 Å². The van der Waals surface area contributed by atoms with Crippen molar-refractivity contribution in [2.75, 3.05) is 50.9 Å². The molecule has 1 saturated heterocycles. The van der Waals surface area contributed by atoms with E-state index in [0.29, 0.717) is 25.0 Å². The van der Waals surface area contributed by atoms with Gasteiger partial charge >= 0.3 is 0 Å². The second-order valence-corrected chi connectivity index (χ2v) is 6.59. The quantitative estimate of drug-likeness (QED) is 0.655. The third-order valence-corrected chi connectivity index (χ3v) is 4.67. The molecule has 2 heterocycles. The van der Waals surface area contributed by atoms with Crippen molar-refractivity contribution in [1.82, 2.24) is 14.9 Å². The minimum absolute atomic E-state index is 0.429. The van der Waals surface area contributed by atoms with E-state index in [-0.39, 0.29) is 0 Å². The number of nitrogens with two attached hydrogens (primary N) is 1. The van der Waals surface area contributed by atoms with Gasteiger partial charge in [-0.05, 0) is 57.0 Å². The lowest BCUT2D eigenvalue weighted by molar-refractivity contribution is 0.248. The van der Waals surface area contributed by atoms with Crippen LogP contribution < -0.4 is 20.5 Å².